The van der Waals surface area contributed by atoms with Gasteiger partial charge in [0.15, 0.2) is 0 Å². The van der Waals surface area contributed by atoms with Crippen molar-refractivity contribution in [2.75, 3.05) is 45.2 Å². The number of carbonyl (C=O) groups is 2. The van der Waals surface area contributed by atoms with Crippen LogP contribution in [0.2, 0.25) is 0 Å². The van der Waals surface area contributed by atoms with E-state index in [0.717, 1.165) is 70.6 Å². The summed E-state index contributed by atoms with van der Waals surface area (Å²) in [6, 6.07) is 7.33. The summed E-state index contributed by atoms with van der Waals surface area (Å²) in [6.07, 6.45) is 5.34. The lowest BCUT2D eigenvalue weighted by molar-refractivity contribution is -0.117. The van der Waals surface area contributed by atoms with Crippen molar-refractivity contribution in [2.24, 2.45) is 5.92 Å². The number of amides is 2. The predicted molar refractivity (Wildman–Crippen MR) is 104 cm³/mol. The van der Waals surface area contributed by atoms with Gasteiger partial charge in [-0.1, -0.05) is 0 Å². The second kappa shape index (κ2) is 7.60. The van der Waals surface area contributed by atoms with Crippen molar-refractivity contribution in [3.05, 3.63) is 29.8 Å². The summed E-state index contributed by atoms with van der Waals surface area (Å²) in [7, 11) is 1.74. The van der Waals surface area contributed by atoms with E-state index in [9.17, 15) is 9.59 Å². The van der Waals surface area contributed by atoms with Crippen molar-refractivity contribution < 1.29 is 14.3 Å². The molecule has 2 heterocycles. The summed E-state index contributed by atoms with van der Waals surface area (Å²) in [4.78, 5) is 29.3. The smallest absolute Gasteiger partial charge is 0.253 e. The lowest BCUT2D eigenvalue weighted by Gasteiger charge is -2.57. The van der Waals surface area contributed by atoms with Crippen molar-refractivity contribution in [3.63, 3.8) is 0 Å². The first kappa shape index (κ1) is 18.4. The molecule has 146 valence electrons. The number of likely N-dealkylation sites (tertiary alicyclic amines) is 2. The Bertz CT molecular complexity index is 701. The van der Waals surface area contributed by atoms with Gasteiger partial charge in [-0.15, -0.1) is 0 Å². The summed E-state index contributed by atoms with van der Waals surface area (Å²) in [5, 5.41) is 2.92. The summed E-state index contributed by atoms with van der Waals surface area (Å²) in [5.41, 5.74) is 1.60. The largest absolute Gasteiger partial charge is 0.383 e. The maximum Gasteiger partial charge on any atom is 0.253 e. The molecular formula is C21H29N3O3. The van der Waals surface area contributed by atoms with Crippen LogP contribution in [-0.4, -0.2) is 67.0 Å². The first-order valence-electron chi connectivity index (χ1n) is 10.1. The van der Waals surface area contributed by atoms with Crippen LogP contribution in [0.3, 0.4) is 0 Å². The van der Waals surface area contributed by atoms with Gasteiger partial charge in [0, 0.05) is 56.0 Å². The highest BCUT2D eigenvalue weighted by Gasteiger charge is 2.47. The second-order valence-electron chi connectivity index (χ2n) is 8.13. The molecule has 0 bridgehead atoms. The van der Waals surface area contributed by atoms with Gasteiger partial charge in [0.25, 0.3) is 5.91 Å². The van der Waals surface area contributed by atoms with Gasteiger partial charge in [-0.25, -0.2) is 0 Å². The van der Waals surface area contributed by atoms with Gasteiger partial charge in [-0.05, 0) is 56.4 Å². The number of anilines is 1. The highest BCUT2D eigenvalue weighted by atomic mass is 16.5. The molecule has 1 saturated carbocycles. The third-order valence-electron chi connectivity index (χ3n) is 6.27. The van der Waals surface area contributed by atoms with E-state index in [-0.39, 0.29) is 23.3 Å². The fraction of sp³-hybridized carbons (Fsp3) is 0.619. The Balaban J connectivity index is 1.37. The molecule has 0 aromatic heterocycles. The molecule has 3 aliphatic rings. The van der Waals surface area contributed by atoms with E-state index in [4.69, 9.17) is 4.74 Å². The fourth-order valence-corrected chi connectivity index (χ4v) is 4.35. The summed E-state index contributed by atoms with van der Waals surface area (Å²) in [5.74, 6) is 0.361. The molecule has 27 heavy (non-hydrogen) atoms. The molecule has 1 atom stereocenters. The van der Waals surface area contributed by atoms with Crippen LogP contribution >= 0.6 is 0 Å². The normalized spacial score (nSPS) is 25.3. The van der Waals surface area contributed by atoms with Gasteiger partial charge >= 0.3 is 0 Å². The Morgan fingerprint density at radius 1 is 1.19 bits per heavy atom. The zero-order chi connectivity index (χ0) is 18.9. The number of ether oxygens (including phenoxy) is 1. The Morgan fingerprint density at radius 2 is 1.96 bits per heavy atom. The number of hydrogen-bond donors (Lipinski definition) is 1. The van der Waals surface area contributed by atoms with Gasteiger partial charge in [-0.3, -0.25) is 14.5 Å². The summed E-state index contributed by atoms with van der Waals surface area (Å²) in [6.45, 7) is 4.40. The number of piperidine rings is 1. The average molecular weight is 371 g/mol. The van der Waals surface area contributed by atoms with Crippen molar-refractivity contribution in [3.8, 4) is 0 Å². The lowest BCUT2D eigenvalue weighted by atomic mass is 9.77. The van der Waals surface area contributed by atoms with Crippen LogP contribution in [0, 0.1) is 5.92 Å². The topological polar surface area (TPSA) is 61.9 Å². The van der Waals surface area contributed by atoms with E-state index >= 15 is 0 Å². The minimum absolute atomic E-state index is 0.0905. The molecule has 1 aromatic rings. The monoisotopic (exact) mass is 371 g/mol. The van der Waals surface area contributed by atoms with Crippen LogP contribution < -0.4 is 5.32 Å². The predicted octanol–water partition coefficient (Wildman–Crippen LogP) is 2.36. The molecule has 6 nitrogen and oxygen atoms in total. The van der Waals surface area contributed by atoms with Gasteiger partial charge in [-0.2, -0.15) is 0 Å². The first-order valence-corrected chi connectivity index (χ1v) is 10.1. The number of nitrogens with zero attached hydrogens (tertiary/aromatic N) is 2. The first-order chi connectivity index (χ1) is 13.1. The molecule has 6 heteroatoms. The molecule has 0 unspecified atom stereocenters. The number of hydrogen-bond acceptors (Lipinski definition) is 4. The number of carbonyl (C=O) groups excluding carboxylic acids is 2. The van der Waals surface area contributed by atoms with Crippen LogP contribution in [0.5, 0.6) is 0 Å². The lowest BCUT2D eigenvalue weighted by Crippen LogP contribution is -2.67. The van der Waals surface area contributed by atoms with Crippen LogP contribution in [0.4, 0.5) is 5.69 Å². The number of nitrogens with one attached hydrogen (secondary N) is 1. The molecule has 1 spiro atoms. The molecule has 2 saturated heterocycles. The van der Waals surface area contributed by atoms with Crippen LogP contribution in [0.1, 0.15) is 42.5 Å². The second-order valence-corrected chi connectivity index (χ2v) is 8.13. The van der Waals surface area contributed by atoms with E-state index < -0.39 is 0 Å². The maximum absolute atomic E-state index is 13.0. The molecule has 2 aliphatic heterocycles. The van der Waals surface area contributed by atoms with Crippen molar-refractivity contribution in [1.29, 1.82) is 0 Å². The molecule has 1 N–H and O–H groups in total. The van der Waals surface area contributed by atoms with Crippen molar-refractivity contribution >= 4 is 17.5 Å². The molecular weight excluding hydrogens is 342 g/mol. The molecule has 0 radical (unpaired) electrons. The molecule has 2 amide bonds. The number of benzene rings is 1. The Labute approximate surface area is 160 Å². The third-order valence-corrected chi connectivity index (χ3v) is 6.27. The van der Waals surface area contributed by atoms with Crippen LogP contribution in [-0.2, 0) is 9.53 Å². The van der Waals surface area contributed by atoms with E-state index in [2.05, 4.69) is 10.2 Å². The van der Waals surface area contributed by atoms with Crippen molar-refractivity contribution in [1.82, 2.24) is 9.80 Å². The zero-order valence-corrected chi connectivity index (χ0v) is 16.1. The standard InChI is InChI=1S/C21H29N3O3/c1-27-14-13-24-12-10-21(24)9-2-11-23(15-21)20(26)17-5-7-18(8-6-17)22-19(25)16-3-4-16/h5-8,16H,2-4,9-15H2,1H3,(H,22,25)/t21-/m1/s1. The summed E-state index contributed by atoms with van der Waals surface area (Å²) < 4.78 is 5.23. The van der Waals surface area contributed by atoms with Gasteiger partial charge < -0.3 is 15.0 Å². The SMILES string of the molecule is COCCN1CC[C@@]12CCCN(C(=O)c1ccc(NC(=O)C3CC3)cc1)C2. The maximum atomic E-state index is 13.0. The van der Waals surface area contributed by atoms with Crippen LogP contribution in [0.15, 0.2) is 24.3 Å². The number of rotatable bonds is 6. The molecule has 4 rings (SSSR count). The van der Waals surface area contributed by atoms with E-state index in [1.54, 1.807) is 7.11 Å². The average Bonchev–Trinajstić information content (AvgIpc) is 3.53. The number of methoxy groups -OCH3 is 1. The van der Waals surface area contributed by atoms with Gasteiger partial charge in [0.05, 0.1) is 6.61 Å². The molecule has 1 aromatic carbocycles. The van der Waals surface area contributed by atoms with Gasteiger partial charge in [0.2, 0.25) is 5.91 Å². The van der Waals surface area contributed by atoms with E-state index in [1.807, 2.05) is 29.2 Å². The summed E-state index contributed by atoms with van der Waals surface area (Å²) >= 11 is 0. The Hall–Kier alpha value is -1.92. The minimum atomic E-state index is 0.0905. The third kappa shape index (κ3) is 3.87. The van der Waals surface area contributed by atoms with Crippen molar-refractivity contribution in [2.45, 2.75) is 37.6 Å². The highest BCUT2D eigenvalue weighted by molar-refractivity contribution is 5.96. The highest BCUT2D eigenvalue weighted by Crippen LogP contribution is 2.38. The zero-order valence-electron chi connectivity index (χ0n) is 16.1. The fourth-order valence-electron chi connectivity index (χ4n) is 4.35. The molecule has 3 fully saturated rings. The van der Waals surface area contributed by atoms with E-state index in [0.29, 0.717) is 5.56 Å². The Kier molecular flexibility index (Phi) is 5.19. The minimum Gasteiger partial charge on any atom is -0.383 e. The quantitative estimate of drug-likeness (QED) is 0.834. The Morgan fingerprint density at radius 3 is 2.59 bits per heavy atom. The van der Waals surface area contributed by atoms with Gasteiger partial charge in [0.1, 0.15) is 0 Å². The van der Waals surface area contributed by atoms with E-state index in [1.165, 1.54) is 0 Å². The van der Waals surface area contributed by atoms with Crippen LogP contribution in [0.25, 0.3) is 0 Å². The molecule has 1 aliphatic carbocycles.